The van der Waals surface area contributed by atoms with Crippen molar-refractivity contribution in [1.82, 2.24) is 15.1 Å². The quantitative estimate of drug-likeness (QED) is 0.740. The van der Waals surface area contributed by atoms with Crippen LogP contribution in [-0.2, 0) is 9.59 Å². The minimum absolute atomic E-state index is 0.0747. The highest BCUT2D eigenvalue weighted by Gasteiger charge is 2.33. The first-order chi connectivity index (χ1) is 12.5. The standard InChI is InChI=1S/C20H29N3O3/c1-22(14-19(25)26)17-9-11-23(12-10-17)13-18(24)21-20(16-7-8-16)15-5-3-2-4-6-15/h2-6,16-17,20H,7-14H2,1H3,(H,21,24)(H,25,26). The van der Waals surface area contributed by atoms with E-state index in [1.54, 1.807) is 0 Å². The monoisotopic (exact) mass is 359 g/mol. The first-order valence-corrected chi connectivity index (χ1v) is 9.51. The second kappa shape index (κ2) is 8.64. The lowest BCUT2D eigenvalue weighted by atomic mass is 10.0. The summed E-state index contributed by atoms with van der Waals surface area (Å²) in [4.78, 5) is 27.5. The van der Waals surface area contributed by atoms with Gasteiger partial charge in [0.15, 0.2) is 0 Å². The normalized spacial score (nSPS) is 20.1. The van der Waals surface area contributed by atoms with E-state index < -0.39 is 5.97 Å². The zero-order valence-corrected chi connectivity index (χ0v) is 15.4. The van der Waals surface area contributed by atoms with Crippen LogP contribution < -0.4 is 5.32 Å². The zero-order valence-electron chi connectivity index (χ0n) is 15.4. The Morgan fingerprint density at radius 3 is 2.42 bits per heavy atom. The minimum atomic E-state index is -0.790. The van der Waals surface area contributed by atoms with Crippen LogP contribution >= 0.6 is 0 Å². The van der Waals surface area contributed by atoms with E-state index in [0.717, 1.165) is 25.9 Å². The van der Waals surface area contributed by atoms with Crippen molar-refractivity contribution < 1.29 is 14.7 Å². The first-order valence-electron chi connectivity index (χ1n) is 9.51. The smallest absolute Gasteiger partial charge is 0.317 e. The van der Waals surface area contributed by atoms with Crippen LogP contribution in [0, 0.1) is 5.92 Å². The van der Waals surface area contributed by atoms with Gasteiger partial charge in [-0.3, -0.25) is 19.4 Å². The molecule has 2 aliphatic rings. The van der Waals surface area contributed by atoms with E-state index in [-0.39, 0.29) is 24.5 Å². The highest BCUT2D eigenvalue weighted by atomic mass is 16.4. The van der Waals surface area contributed by atoms with Crippen molar-refractivity contribution in [1.29, 1.82) is 0 Å². The Morgan fingerprint density at radius 2 is 1.85 bits per heavy atom. The lowest BCUT2D eigenvalue weighted by Gasteiger charge is -2.36. The molecule has 1 aromatic rings. The Kier molecular flexibility index (Phi) is 6.27. The van der Waals surface area contributed by atoms with Gasteiger partial charge in [-0.2, -0.15) is 0 Å². The van der Waals surface area contributed by atoms with Crippen molar-refractivity contribution in [2.75, 3.05) is 33.2 Å². The highest BCUT2D eigenvalue weighted by Crippen LogP contribution is 2.40. The minimum Gasteiger partial charge on any atom is -0.480 e. The number of nitrogens with zero attached hydrogens (tertiary/aromatic N) is 2. The van der Waals surface area contributed by atoms with Crippen LogP contribution in [0.4, 0.5) is 0 Å². The third-order valence-corrected chi connectivity index (χ3v) is 5.50. The number of hydrogen-bond acceptors (Lipinski definition) is 4. The summed E-state index contributed by atoms with van der Waals surface area (Å²) >= 11 is 0. The second-order valence-corrected chi connectivity index (χ2v) is 7.61. The van der Waals surface area contributed by atoms with Gasteiger partial charge < -0.3 is 10.4 Å². The number of likely N-dealkylation sites (tertiary alicyclic amines) is 1. The Balaban J connectivity index is 1.46. The molecule has 1 aliphatic carbocycles. The van der Waals surface area contributed by atoms with E-state index in [9.17, 15) is 9.59 Å². The van der Waals surface area contributed by atoms with Crippen LogP contribution in [0.2, 0.25) is 0 Å². The molecular weight excluding hydrogens is 330 g/mol. The van der Waals surface area contributed by atoms with Gasteiger partial charge in [0.05, 0.1) is 19.1 Å². The predicted molar refractivity (Wildman–Crippen MR) is 99.8 cm³/mol. The molecular formula is C20H29N3O3. The van der Waals surface area contributed by atoms with Gasteiger partial charge in [-0.15, -0.1) is 0 Å². The van der Waals surface area contributed by atoms with E-state index >= 15 is 0 Å². The van der Waals surface area contributed by atoms with Crippen LogP contribution in [-0.4, -0.2) is 66.1 Å². The van der Waals surface area contributed by atoms with Crippen LogP contribution in [0.25, 0.3) is 0 Å². The zero-order chi connectivity index (χ0) is 18.5. The molecule has 0 radical (unpaired) electrons. The average Bonchev–Trinajstić information content (AvgIpc) is 3.45. The van der Waals surface area contributed by atoms with E-state index in [1.807, 2.05) is 30.1 Å². The Morgan fingerprint density at radius 1 is 1.19 bits per heavy atom. The van der Waals surface area contributed by atoms with Gasteiger partial charge in [0.1, 0.15) is 0 Å². The molecule has 1 heterocycles. The van der Waals surface area contributed by atoms with E-state index in [2.05, 4.69) is 22.3 Å². The number of piperidine rings is 1. The molecule has 26 heavy (non-hydrogen) atoms. The Labute approximate surface area is 155 Å². The number of carbonyl (C=O) groups excluding carboxylic acids is 1. The van der Waals surface area contributed by atoms with Gasteiger partial charge in [0, 0.05) is 19.1 Å². The topological polar surface area (TPSA) is 72.9 Å². The number of amides is 1. The number of hydrogen-bond donors (Lipinski definition) is 2. The molecule has 0 aromatic heterocycles. The van der Waals surface area contributed by atoms with Crippen LogP contribution in [0.1, 0.15) is 37.3 Å². The van der Waals surface area contributed by atoms with Crippen molar-refractivity contribution in [2.45, 2.75) is 37.8 Å². The number of benzene rings is 1. The molecule has 1 aliphatic heterocycles. The van der Waals surface area contributed by atoms with Crippen LogP contribution in [0.3, 0.4) is 0 Å². The lowest BCUT2D eigenvalue weighted by molar-refractivity contribution is -0.138. The third-order valence-electron chi connectivity index (χ3n) is 5.50. The average molecular weight is 359 g/mol. The summed E-state index contributed by atoms with van der Waals surface area (Å²) in [6, 6.07) is 10.6. The number of rotatable bonds is 8. The fraction of sp³-hybridized carbons (Fsp3) is 0.600. The molecule has 142 valence electrons. The maximum Gasteiger partial charge on any atom is 0.317 e. The molecule has 1 atom stereocenters. The molecule has 6 heteroatoms. The molecule has 0 bridgehead atoms. The summed E-state index contributed by atoms with van der Waals surface area (Å²) in [7, 11) is 1.86. The predicted octanol–water partition coefficient (Wildman–Crippen LogP) is 1.73. The summed E-state index contributed by atoms with van der Waals surface area (Å²) in [6.45, 7) is 2.17. The van der Waals surface area contributed by atoms with Gasteiger partial charge in [-0.1, -0.05) is 30.3 Å². The van der Waals surface area contributed by atoms with Crippen molar-refractivity contribution in [3.8, 4) is 0 Å². The van der Waals surface area contributed by atoms with Crippen molar-refractivity contribution in [3.63, 3.8) is 0 Å². The van der Waals surface area contributed by atoms with Crippen LogP contribution in [0.5, 0.6) is 0 Å². The van der Waals surface area contributed by atoms with E-state index in [4.69, 9.17) is 5.11 Å². The molecule has 0 spiro atoms. The molecule has 1 unspecified atom stereocenters. The first kappa shape index (κ1) is 18.9. The van der Waals surface area contributed by atoms with E-state index in [1.165, 1.54) is 18.4 Å². The fourth-order valence-corrected chi connectivity index (χ4v) is 3.85. The van der Waals surface area contributed by atoms with Crippen molar-refractivity contribution in [2.24, 2.45) is 5.92 Å². The number of aliphatic carboxylic acids is 1. The van der Waals surface area contributed by atoms with Crippen molar-refractivity contribution >= 4 is 11.9 Å². The van der Waals surface area contributed by atoms with Crippen molar-refractivity contribution in [3.05, 3.63) is 35.9 Å². The second-order valence-electron chi connectivity index (χ2n) is 7.61. The van der Waals surface area contributed by atoms with Crippen LogP contribution in [0.15, 0.2) is 30.3 Å². The lowest BCUT2D eigenvalue weighted by Crippen LogP contribution is -2.47. The summed E-state index contributed by atoms with van der Waals surface area (Å²) in [5.41, 5.74) is 1.19. The SMILES string of the molecule is CN(CC(=O)O)C1CCN(CC(=O)NC(c2ccccc2)C2CC2)CC1. The van der Waals surface area contributed by atoms with Gasteiger partial charge >= 0.3 is 5.97 Å². The molecule has 3 rings (SSSR count). The number of likely N-dealkylation sites (N-methyl/N-ethyl adjacent to an activating group) is 1. The summed E-state index contributed by atoms with van der Waals surface area (Å²) < 4.78 is 0. The molecule has 2 N–H and O–H groups in total. The molecule has 2 fully saturated rings. The highest BCUT2D eigenvalue weighted by molar-refractivity contribution is 5.78. The maximum atomic E-state index is 12.5. The fourth-order valence-electron chi connectivity index (χ4n) is 3.85. The summed E-state index contributed by atoms with van der Waals surface area (Å²) in [6.07, 6.45) is 4.17. The molecule has 1 saturated carbocycles. The third kappa shape index (κ3) is 5.29. The maximum absolute atomic E-state index is 12.5. The summed E-state index contributed by atoms with van der Waals surface area (Å²) in [5, 5.41) is 12.1. The van der Waals surface area contributed by atoms with E-state index in [0.29, 0.717) is 12.5 Å². The number of nitrogens with one attached hydrogen (secondary N) is 1. The Hall–Kier alpha value is -1.92. The number of carboxylic acids is 1. The largest absolute Gasteiger partial charge is 0.480 e. The van der Waals surface area contributed by atoms with Gasteiger partial charge in [0.25, 0.3) is 0 Å². The molecule has 6 nitrogen and oxygen atoms in total. The molecule has 1 saturated heterocycles. The molecule has 1 aromatic carbocycles. The number of carboxylic acid groups (broad SMARTS) is 1. The van der Waals surface area contributed by atoms with Gasteiger partial charge in [-0.05, 0) is 44.2 Å². The summed E-state index contributed by atoms with van der Waals surface area (Å²) in [5.74, 6) is -0.138. The Bertz CT molecular complexity index is 610. The molecule has 1 amide bonds. The van der Waals surface area contributed by atoms with Gasteiger partial charge in [0.2, 0.25) is 5.91 Å². The number of carbonyl (C=O) groups is 2. The van der Waals surface area contributed by atoms with Gasteiger partial charge in [-0.25, -0.2) is 0 Å².